The maximum atomic E-state index is 11.3. The van der Waals surface area contributed by atoms with Gasteiger partial charge in [0, 0.05) is 13.0 Å². The van der Waals surface area contributed by atoms with Crippen molar-refractivity contribution in [2.45, 2.75) is 18.9 Å². The van der Waals surface area contributed by atoms with Gasteiger partial charge in [-0.15, -0.1) is 0 Å². The van der Waals surface area contributed by atoms with Crippen LogP contribution in [0.4, 0.5) is 0 Å². The number of hydrogen-bond acceptors (Lipinski definition) is 4. The van der Waals surface area contributed by atoms with Gasteiger partial charge in [0.1, 0.15) is 0 Å². The highest BCUT2D eigenvalue weighted by Gasteiger charge is 2.17. The highest BCUT2D eigenvalue weighted by molar-refractivity contribution is 5.70. The van der Waals surface area contributed by atoms with Crippen molar-refractivity contribution < 1.29 is 14.3 Å². The number of methoxy groups -OCH3 is 2. The van der Waals surface area contributed by atoms with Gasteiger partial charge in [0.05, 0.1) is 20.1 Å². The van der Waals surface area contributed by atoms with Gasteiger partial charge in [-0.25, -0.2) is 0 Å². The zero-order valence-electron chi connectivity index (χ0n) is 10.3. The molecule has 17 heavy (non-hydrogen) atoms. The molecule has 1 atom stereocenters. The van der Waals surface area contributed by atoms with Crippen LogP contribution in [0.1, 0.15) is 23.5 Å². The van der Waals surface area contributed by atoms with Crippen molar-refractivity contribution in [2.75, 3.05) is 20.8 Å². The maximum absolute atomic E-state index is 11.3. The molecule has 2 N–H and O–H groups in total. The summed E-state index contributed by atoms with van der Waals surface area (Å²) >= 11 is 0. The number of nitrogens with two attached hydrogens (primary N) is 1. The Bertz CT molecular complexity index is 365. The first-order valence-electron chi connectivity index (χ1n) is 5.56. The fourth-order valence-electron chi connectivity index (χ4n) is 1.82. The molecule has 0 aliphatic rings. The van der Waals surface area contributed by atoms with Gasteiger partial charge in [-0.3, -0.25) is 4.79 Å². The van der Waals surface area contributed by atoms with Gasteiger partial charge in [0.15, 0.2) is 0 Å². The van der Waals surface area contributed by atoms with Crippen LogP contribution in [0.2, 0.25) is 0 Å². The summed E-state index contributed by atoms with van der Waals surface area (Å²) in [6.07, 6.45) is 0.299. The minimum Gasteiger partial charge on any atom is -0.469 e. The van der Waals surface area contributed by atoms with Crippen molar-refractivity contribution in [3.63, 3.8) is 0 Å². The van der Waals surface area contributed by atoms with Crippen molar-refractivity contribution in [1.29, 1.82) is 0 Å². The number of benzene rings is 1. The van der Waals surface area contributed by atoms with Crippen LogP contribution in [0.3, 0.4) is 0 Å². The molecule has 0 fully saturated rings. The summed E-state index contributed by atoms with van der Waals surface area (Å²) < 4.78 is 9.82. The topological polar surface area (TPSA) is 61.5 Å². The zero-order valence-corrected chi connectivity index (χ0v) is 10.3. The molecule has 0 amide bonds. The molecule has 1 unspecified atom stereocenters. The molecule has 4 heteroatoms. The molecule has 4 nitrogen and oxygen atoms in total. The van der Waals surface area contributed by atoms with E-state index in [2.05, 4.69) is 4.74 Å². The van der Waals surface area contributed by atoms with Crippen molar-refractivity contribution in [1.82, 2.24) is 0 Å². The van der Waals surface area contributed by atoms with Gasteiger partial charge in [-0.05, 0) is 17.7 Å². The molecule has 0 radical (unpaired) electrons. The summed E-state index contributed by atoms with van der Waals surface area (Å²) in [5, 5.41) is 0. The maximum Gasteiger partial charge on any atom is 0.306 e. The SMILES string of the molecule is COCc1ccccc1C(CN)CC(=O)OC. The van der Waals surface area contributed by atoms with Crippen LogP contribution in [0, 0.1) is 0 Å². The molecule has 0 aromatic heterocycles. The van der Waals surface area contributed by atoms with Gasteiger partial charge < -0.3 is 15.2 Å². The largest absolute Gasteiger partial charge is 0.469 e. The number of hydrogen-bond donors (Lipinski definition) is 1. The minimum atomic E-state index is -0.243. The fraction of sp³-hybridized carbons (Fsp3) is 0.462. The molecule has 1 rings (SSSR count). The first-order valence-corrected chi connectivity index (χ1v) is 5.56. The summed E-state index contributed by atoms with van der Waals surface area (Å²) in [5.74, 6) is -0.263. The van der Waals surface area contributed by atoms with Crippen LogP contribution in [0.25, 0.3) is 0 Å². The molecule has 0 bridgehead atoms. The summed E-state index contributed by atoms with van der Waals surface area (Å²) in [6.45, 7) is 0.934. The Balaban J connectivity index is 2.90. The predicted molar refractivity (Wildman–Crippen MR) is 65.6 cm³/mol. The zero-order chi connectivity index (χ0) is 12.7. The Morgan fingerprint density at radius 2 is 2.06 bits per heavy atom. The standard InChI is InChI=1S/C13H19NO3/c1-16-9-10-5-3-4-6-12(10)11(8-14)7-13(15)17-2/h3-6,11H,7-9,14H2,1-2H3. The quantitative estimate of drug-likeness (QED) is 0.760. The van der Waals surface area contributed by atoms with E-state index in [0.29, 0.717) is 19.6 Å². The Morgan fingerprint density at radius 3 is 2.65 bits per heavy atom. The monoisotopic (exact) mass is 237 g/mol. The number of esters is 1. The summed E-state index contributed by atoms with van der Waals surface area (Å²) in [4.78, 5) is 11.3. The lowest BCUT2D eigenvalue weighted by molar-refractivity contribution is -0.141. The molecule has 94 valence electrons. The predicted octanol–water partition coefficient (Wildman–Crippen LogP) is 1.44. The Hall–Kier alpha value is -1.39. The normalized spacial score (nSPS) is 12.2. The van der Waals surface area contributed by atoms with E-state index in [1.54, 1.807) is 7.11 Å². The second-order valence-electron chi connectivity index (χ2n) is 3.84. The second-order valence-corrected chi connectivity index (χ2v) is 3.84. The van der Waals surface area contributed by atoms with Crippen LogP contribution in [-0.4, -0.2) is 26.7 Å². The third-order valence-electron chi connectivity index (χ3n) is 2.72. The number of rotatable bonds is 6. The van der Waals surface area contributed by atoms with E-state index in [1.165, 1.54) is 7.11 Å². The van der Waals surface area contributed by atoms with E-state index in [1.807, 2.05) is 24.3 Å². The van der Waals surface area contributed by atoms with Crippen molar-refractivity contribution in [3.05, 3.63) is 35.4 Å². The average Bonchev–Trinajstić information content (AvgIpc) is 2.37. The molecule has 0 saturated heterocycles. The summed E-state index contributed by atoms with van der Waals surface area (Å²) in [7, 11) is 3.03. The molecule has 0 heterocycles. The number of carbonyl (C=O) groups is 1. The van der Waals surface area contributed by atoms with Crippen molar-refractivity contribution in [3.8, 4) is 0 Å². The van der Waals surface area contributed by atoms with Gasteiger partial charge in [-0.1, -0.05) is 24.3 Å². The van der Waals surface area contributed by atoms with Crippen LogP contribution in [0.5, 0.6) is 0 Å². The van der Waals surface area contributed by atoms with E-state index >= 15 is 0 Å². The van der Waals surface area contributed by atoms with Crippen molar-refractivity contribution >= 4 is 5.97 Å². The first-order chi connectivity index (χ1) is 8.22. The molecule has 0 saturated carbocycles. The number of ether oxygens (including phenoxy) is 2. The number of carbonyl (C=O) groups excluding carboxylic acids is 1. The lowest BCUT2D eigenvalue weighted by Crippen LogP contribution is -2.18. The average molecular weight is 237 g/mol. The van der Waals surface area contributed by atoms with E-state index in [-0.39, 0.29) is 11.9 Å². The second kappa shape index (κ2) is 7.04. The van der Waals surface area contributed by atoms with Crippen LogP contribution >= 0.6 is 0 Å². The lowest BCUT2D eigenvalue weighted by atomic mass is 9.92. The van der Waals surface area contributed by atoms with Crippen LogP contribution < -0.4 is 5.73 Å². The molecule has 1 aromatic carbocycles. The van der Waals surface area contributed by atoms with E-state index in [4.69, 9.17) is 10.5 Å². The Kier molecular flexibility index (Phi) is 5.66. The van der Waals surface area contributed by atoms with Crippen molar-refractivity contribution in [2.24, 2.45) is 5.73 Å². The Labute approximate surface area is 102 Å². The lowest BCUT2D eigenvalue weighted by Gasteiger charge is -2.17. The highest BCUT2D eigenvalue weighted by atomic mass is 16.5. The minimum absolute atomic E-state index is 0.0196. The van der Waals surface area contributed by atoms with E-state index < -0.39 is 0 Å². The molecule has 0 aliphatic heterocycles. The molecule has 0 aliphatic carbocycles. The van der Waals surface area contributed by atoms with Gasteiger partial charge >= 0.3 is 5.97 Å². The van der Waals surface area contributed by atoms with Crippen LogP contribution in [-0.2, 0) is 20.9 Å². The molecular weight excluding hydrogens is 218 g/mol. The summed E-state index contributed by atoms with van der Waals surface area (Å²) in [5.41, 5.74) is 7.85. The van der Waals surface area contributed by atoms with E-state index in [9.17, 15) is 4.79 Å². The van der Waals surface area contributed by atoms with Gasteiger partial charge in [0.2, 0.25) is 0 Å². The highest BCUT2D eigenvalue weighted by Crippen LogP contribution is 2.23. The summed E-state index contributed by atoms with van der Waals surface area (Å²) in [6, 6.07) is 7.85. The third-order valence-corrected chi connectivity index (χ3v) is 2.72. The molecule has 1 aromatic rings. The third kappa shape index (κ3) is 3.84. The van der Waals surface area contributed by atoms with Gasteiger partial charge in [-0.2, -0.15) is 0 Å². The smallest absolute Gasteiger partial charge is 0.306 e. The van der Waals surface area contributed by atoms with E-state index in [0.717, 1.165) is 11.1 Å². The van der Waals surface area contributed by atoms with Crippen LogP contribution in [0.15, 0.2) is 24.3 Å². The fourth-order valence-corrected chi connectivity index (χ4v) is 1.82. The molecule has 0 spiro atoms. The van der Waals surface area contributed by atoms with Gasteiger partial charge in [0.25, 0.3) is 0 Å². The molecular formula is C13H19NO3. The first kappa shape index (κ1) is 13.7. The Morgan fingerprint density at radius 1 is 1.35 bits per heavy atom.